The highest BCUT2D eigenvalue weighted by atomic mass is 35.5. The van der Waals surface area contributed by atoms with E-state index in [0.717, 1.165) is 29.7 Å². The van der Waals surface area contributed by atoms with Crippen LogP contribution in [0.2, 0.25) is 0 Å². The first-order valence-electron chi connectivity index (χ1n) is 8.02. The van der Waals surface area contributed by atoms with Gasteiger partial charge in [0.05, 0.1) is 6.04 Å². The molecular formula is C19H27Cl2N3O. The average Bonchev–Trinajstić information content (AvgIpc) is 2.53. The van der Waals surface area contributed by atoms with Gasteiger partial charge in [-0.05, 0) is 56.4 Å². The summed E-state index contributed by atoms with van der Waals surface area (Å²) in [5, 5.41) is 0. The number of nitrogens with zero attached hydrogens (tertiary/aromatic N) is 2. The van der Waals surface area contributed by atoms with Gasteiger partial charge in [0.25, 0.3) is 0 Å². The Hall–Kier alpha value is -1.62. The zero-order valence-electron chi connectivity index (χ0n) is 14.9. The monoisotopic (exact) mass is 383 g/mol. The van der Waals surface area contributed by atoms with Crippen molar-refractivity contribution in [2.24, 2.45) is 5.73 Å². The number of aromatic nitrogens is 1. The van der Waals surface area contributed by atoms with E-state index in [2.05, 4.69) is 11.1 Å². The van der Waals surface area contributed by atoms with Crippen LogP contribution in [0, 0.1) is 13.8 Å². The lowest BCUT2D eigenvalue weighted by molar-refractivity contribution is -0.119. The molecule has 0 radical (unpaired) electrons. The minimum atomic E-state index is -0.507. The molecule has 2 aromatic rings. The van der Waals surface area contributed by atoms with Crippen molar-refractivity contribution in [2.75, 3.05) is 11.4 Å². The van der Waals surface area contributed by atoms with E-state index in [4.69, 9.17) is 5.73 Å². The quantitative estimate of drug-likeness (QED) is 0.823. The van der Waals surface area contributed by atoms with Crippen LogP contribution in [-0.2, 0) is 11.2 Å². The van der Waals surface area contributed by atoms with E-state index in [-0.39, 0.29) is 30.7 Å². The van der Waals surface area contributed by atoms with Gasteiger partial charge >= 0.3 is 0 Å². The number of rotatable bonds is 6. The van der Waals surface area contributed by atoms with Crippen molar-refractivity contribution in [3.8, 4) is 0 Å². The Morgan fingerprint density at radius 3 is 2.32 bits per heavy atom. The van der Waals surface area contributed by atoms with Gasteiger partial charge < -0.3 is 10.6 Å². The number of carbonyl (C=O) groups is 1. The molecule has 1 amide bonds. The van der Waals surface area contributed by atoms with Crippen molar-refractivity contribution < 1.29 is 4.79 Å². The van der Waals surface area contributed by atoms with Gasteiger partial charge in [0.15, 0.2) is 0 Å². The van der Waals surface area contributed by atoms with Crippen molar-refractivity contribution in [3.05, 3.63) is 59.4 Å². The maximum atomic E-state index is 12.6. The molecule has 0 bridgehead atoms. The van der Waals surface area contributed by atoms with Gasteiger partial charge in [-0.3, -0.25) is 9.78 Å². The molecule has 1 aromatic heterocycles. The Balaban J connectivity index is 0.00000288. The second-order valence-electron chi connectivity index (χ2n) is 5.98. The van der Waals surface area contributed by atoms with Crippen molar-refractivity contribution in [1.82, 2.24) is 4.98 Å². The maximum absolute atomic E-state index is 12.6. The lowest BCUT2D eigenvalue weighted by Gasteiger charge is -2.28. The van der Waals surface area contributed by atoms with E-state index in [9.17, 15) is 4.79 Å². The number of halogens is 2. The van der Waals surface area contributed by atoms with E-state index in [0.29, 0.717) is 6.54 Å². The normalized spacial score (nSPS) is 11.0. The van der Waals surface area contributed by atoms with E-state index >= 15 is 0 Å². The Morgan fingerprint density at radius 2 is 1.80 bits per heavy atom. The SMILES string of the molecule is Cc1cccc(C)c1N(CCCc1cccnc1)C(=O)C(C)N.Cl.Cl. The average molecular weight is 384 g/mol. The zero-order chi connectivity index (χ0) is 16.8. The Bertz CT molecular complexity index is 643. The third-order valence-electron chi connectivity index (χ3n) is 3.93. The van der Waals surface area contributed by atoms with Crippen molar-refractivity contribution in [1.29, 1.82) is 0 Å². The first-order valence-corrected chi connectivity index (χ1v) is 8.02. The fourth-order valence-corrected chi connectivity index (χ4v) is 2.80. The van der Waals surface area contributed by atoms with Crippen molar-refractivity contribution in [3.63, 3.8) is 0 Å². The highest BCUT2D eigenvalue weighted by Crippen LogP contribution is 2.25. The van der Waals surface area contributed by atoms with Gasteiger partial charge in [0, 0.05) is 24.6 Å². The predicted octanol–water partition coefficient (Wildman–Crippen LogP) is 3.86. The van der Waals surface area contributed by atoms with E-state index in [1.54, 1.807) is 13.1 Å². The molecule has 6 heteroatoms. The summed E-state index contributed by atoms with van der Waals surface area (Å²) in [6.45, 7) is 6.46. The molecule has 0 aliphatic carbocycles. The molecule has 4 nitrogen and oxygen atoms in total. The fraction of sp³-hybridized carbons (Fsp3) is 0.368. The summed E-state index contributed by atoms with van der Waals surface area (Å²) in [4.78, 5) is 18.5. The second-order valence-corrected chi connectivity index (χ2v) is 5.98. The van der Waals surface area contributed by atoms with E-state index in [1.165, 1.54) is 5.56 Å². The number of anilines is 1. The summed E-state index contributed by atoms with van der Waals surface area (Å²) in [6.07, 6.45) is 5.41. The van der Waals surface area contributed by atoms with Crippen molar-refractivity contribution in [2.45, 2.75) is 39.7 Å². The zero-order valence-corrected chi connectivity index (χ0v) is 16.6. The minimum Gasteiger partial charge on any atom is -0.320 e. The predicted molar refractivity (Wildman–Crippen MR) is 109 cm³/mol. The van der Waals surface area contributed by atoms with Crippen LogP contribution in [0.5, 0.6) is 0 Å². The summed E-state index contributed by atoms with van der Waals surface area (Å²) >= 11 is 0. The number of benzene rings is 1. The van der Waals surface area contributed by atoms with Crippen LogP contribution >= 0.6 is 24.8 Å². The molecule has 0 spiro atoms. The van der Waals surface area contributed by atoms with Gasteiger partial charge in [-0.25, -0.2) is 0 Å². The number of aryl methyl sites for hydroxylation is 3. The second kappa shape index (κ2) is 11.1. The number of carbonyl (C=O) groups excluding carboxylic acids is 1. The summed E-state index contributed by atoms with van der Waals surface area (Å²) < 4.78 is 0. The van der Waals surface area contributed by atoms with Crippen molar-refractivity contribution >= 4 is 36.4 Å². The maximum Gasteiger partial charge on any atom is 0.243 e. The number of hydrogen-bond acceptors (Lipinski definition) is 3. The van der Waals surface area contributed by atoms with Gasteiger partial charge in [0.2, 0.25) is 5.91 Å². The molecule has 2 N–H and O–H groups in total. The molecule has 0 fully saturated rings. The highest BCUT2D eigenvalue weighted by Gasteiger charge is 2.21. The van der Waals surface area contributed by atoms with Gasteiger partial charge in [0.1, 0.15) is 0 Å². The van der Waals surface area contributed by atoms with Crippen LogP contribution in [0.15, 0.2) is 42.7 Å². The Kier molecular flexibility index (Phi) is 10.4. The molecule has 0 aliphatic rings. The molecule has 25 heavy (non-hydrogen) atoms. The van der Waals surface area contributed by atoms with E-state index in [1.807, 2.05) is 49.2 Å². The number of hydrogen-bond donors (Lipinski definition) is 1. The van der Waals surface area contributed by atoms with Crippen LogP contribution in [-0.4, -0.2) is 23.5 Å². The Labute approximate surface area is 162 Å². The van der Waals surface area contributed by atoms with Crippen LogP contribution in [0.25, 0.3) is 0 Å². The molecule has 138 valence electrons. The lowest BCUT2D eigenvalue weighted by atomic mass is 10.1. The first-order chi connectivity index (χ1) is 11.0. The summed E-state index contributed by atoms with van der Waals surface area (Å²) in [5.41, 5.74) is 10.2. The molecule has 1 heterocycles. The number of nitrogens with two attached hydrogens (primary N) is 1. The standard InChI is InChI=1S/C19H25N3O.2ClH/c1-14-7-4-8-15(2)18(14)22(19(23)16(3)20)12-6-10-17-9-5-11-21-13-17;;/h4-5,7-9,11,13,16H,6,10,12,20H2,1-3H3;2*1H. The molecule has 0 aliphatic heterocycles. The number of amides is 1. The molecule has 0 saturated heterocycles. The summed E-state index contributed by atoms with van der Waals surface area (Å²) in [6, 6.07) is 9.57. The van der Waals surface area contributed by atoms with E-state index < -0.39 is 6.04 Å². The highest BCUT2D eigenvalue weighted by molar-refractivity contribution is 5.98. The molecule has 2 rings (SSSR count). The molecule has 1 aromatic carbocycles. The van der Waals surface area contributed by atoms with Gasteiger partial charge in [-0.15, -0.1) is 24.8 Å². The summed E-state index contributed by atoms with van der Waals surface area (Å²) in [5.74, 6) is -0.0337. The molecule has 1 atom stereocenters. The molecule has 0 saturated carbocycles. The van der Waals surface area contributed by atoms with Gasteiger partial charge in [-0.2, -0.15) is 0 Å². The fourth-order valence-electron chi connectivity index (χ4n) is 2.80. The number of pyridine rings is 1. The topological polar surface area (TPSA) is 59.2 Å². The third kappa shape index (κ3) is 6.31. The van der Waals surface area contributed by atoms with Crippen LogP contribution in [0.3, 0.4) is 0 Å². The third-order valence-corrected chi connectivity index (χ3v) is 3.93. The lowest BCUT2D eigenvalue weighted by Crippen LogP contribution is -2.43. The van der Waals surface area contributed by atoms with Crippen LogP contribution in [0.1, 0.15) is 30.0 Å². The van der Waals surface area contributed by atoms with Crippen LogP contribution in [0.4, 0.5) is 5.69 Å². The Morgan fingerprint density at radius 1 is 1.16 bits per heavy atom. The minimum absolute atomic E-state index is 0. The molecular weight excluding hydrogens is 357 g/mol. The molecule has 1 unspecified atom stereocenters. The first kappa shape index (κ1) is 23.4. The van der Waals surface area contributed by atoms with Gasteiger partial charge in [-0.1, -0.05) is 24.3 Å². The smallest absolute Gasteiger partial charge is 0.243 e. The van der Waals surface area contributed by atoms with Crippen LogP contribution < -0.4 is 10.6 Å². The number of para-hydroxylation sites is 1. The summed E-state index contributed by atoms with van der Waals surface area (Å²) in [7, 11) is 0. The largest absolute Gasteiger partial charge is 0.320 e.